The van der Waals surface area contributed by atoms with E-state index in [0.29, 0.717) is 30.8 Å². The van der Waals surface area contributed by atoms with Crippen molar-refractivity contribution in [1.82, 2.24) is 0 Å². The Hall–Kier alpha value is -2.81. The Morgan fingerprint density at radius 1 is 1.07 bits per heavy atom. The van der Waals surface area contributed by atoms with E-state index in [0.717, 1.165) is 17.0 Å². The quantitative estimate of drug-likeness (QED) is 0.599. The molecule has 1 N–H and O–H groups in total. The lowest BCUT2D eigenvalue weighted by Gasteiger charge is -2.18. The molecule has 0 saturated heterocycles. The van der Waals surface area contributed by atoms with Crippen molar-refractivity contribution >= 4 is 29.3 Å². The van der Waals surface area contributed by atoms with Crippen LogP contribution in [0.5, 0.6) is 11.5 Å². The second-order valence-corrected chi connectivity index (χ2v) is 6.48. The largest absolute Gasteiger partial charge is 0.486 e. The van der Waals surface area contributed by atoms with Gasteiger partial charge in [-0.3, -0.25) is 9.59 Å². The standard InChI is InChI=1S/C18H15F2NO5S/c19-11-1-3-14(13(20)7-11)21-17(22)9-26-18(23)10-27-12-2-4-15-16(8-12)25-6-5-24-15/h1-4,7-8H,5-6,9-10H2,(H,21,22). The molecule has 1 amide bonds. The number of halogens is 2. The first-order chi connectivity index (χ1) is 13.0. The highest BCUT2D eigenvalue weighted by atomic mass is 32.2. The molecule has 0 fully saturated rings. The summed E-state index contributed by atoms with van der Waals surface area (Å²) in [4.78, 5) is 24.3. The summed E-state index contributed by atoms with van der Waals surface area (Å²) in [6.45, 7) is 0.389. The number of hydrogen-bond acceptors (Lipinski definition) is 6. The molecule has 1 aliphatic heterocycles. The summed E-state index contributed by atoms with van der Waals surface area (Å²) in [7, 11) is 0. The number of esters is 1. The van der Waals surface area contributed by atoms with E-state index in [1.165, 1.54) is 11.8 Å². The number of benzene rings is 2. The number of anilines is 1. The van der Waals surface area contributed by atoms with Crippen LogP contribution in [0.15, 0.2) is 41.3 Å². The van der Waals surface area contributed by atoms with Gasteiger partial charge in [-0.05, 0) is 30.3 Å². The SMILES string of the molecule is O=C(COC(=O)CSc1ccc2c(c1)OCCO2)Nc1ccc(F)cc1F. The first kappa shape index (κ1) is 19.0. The third kappa shape index (κ3) is 5.33. The van der Waals surface area contributed by atoms with Gasteiger partial charge in [-0.1, -0.05) is 0 Å². The van der Waals surface area contributed by atoms with Crippen LogP contribution < -0.4 is 14.8 Å². The van der Waals surface area contributed by atoms with Gasteiger partial charge in [-0.2, -0.15) is 0 Å². The smallest absolute Gasteiger partial charge is 0.316 e. The van der Waals surface area contributed by atoms with Crippen LogP contribution >= 0.6 is 11.8 Å². The Morgan fingerprint density at radius 3 is 2.63 bits per heavy atom. The predicted octanol–water partition coefficient (Wildman–Crippen LogP) is 3.01. The molecule has 0 radical (unpaired) electrons. The van der Waals surface area contributed by atoms with Gasteiger partial charge < -0.3 is 19.5 Å². The summed E-state index contributed by atoms with van der Waals surface area (Å²) in [5, 5.41) is 2.21. The molecule has 142 valence electrons. The van der Waals surface area contributed by atoms with E-state index in [-0.39, 0.29) is 11.4 Å². The van der Waals surface area contributed by atoms with Gasteiger partial charge >= 0.3 is 5.97 Å². The lowest BCUT2D eigenvalue weighted by Crippen LogP contribution is -2.22. The van der Waals surface area contributed by atoms with Crippen molar-refractivity contribution in [2.24, 2.45) is 0 Å². The highest BCUT2D eigenvalue weighted by Crippen LogP contribution is 2.34. The third-order valence-corrected chi connectivity index (χ3v) is 4.41. The molecule has 0 saturated carbocycles. The summed E-state index contributed by atoms with van der Waals surface area (Å²) in [6.07, 6.45) is 0. The fourth-order valence-corrected chi connectivity index (χ4v) is 2.94. The Labute approximate surface area is 157 Å². The molecule has 0 spiro atoms. The Bertz CT molecular complexity index is 862. The summed E-state index contributed by atoms with van der Waals surface area (Å²) in [5.74, 6) is -1.75. The normalized spacial score (nSPS) is 12.4. The molecule has 27 heavy (non-hydrogen) atoms. The van der Waals surface area contributed by atoms with E-state index in [2.05, 4.69) is 5.32 Å². The number of carbonyl (C=O) groups is 2. The van der Waals surface area contributed by atoms with Gasteiger partial charge in [-0.25, -0.2) is 8.78 Å². The number of thioether (sulfide) groups is 1. The molecule has 9 heteroatoms. The van der Waals surface area contributed by atoms with Gasteiger partial charge in [0.2, 0.25) is 0 Å². The molecule has 0 unspecified atom stereocenters. The molecule has 1 heterocycles. The number of hydrogen-bond donors (Lipinski definition) is 1. The van der Waals surface area contributed by atoms with Crippen molar-refractivity contribution in [2.75, 3.05) is 30.9 Å². The topological polar surface area (TPSA) is 73.9 Å². The maximum atomic E-state index is 13.5. The summed E-state index contributed by atoms with van der Waals surface area (Å²) in [5.41, 5.74) is -0.192. The number of amides is 1. The molecule has 3 rings (SSSR count). The minimum absolute atomic E-state index is 0.0160. The third-order valence-electron chi connectivity index (χ3n) is 3.44. The number of nitrogens with one attached hydrogen (secondary N) is 1. The zero-order valence-electron chi connectivity index (χ0n) is 14.0. The maximum absolute atomic E-state index is 13.5. The average Bonchev–Trinajstić information content (AvgIpc) is 2.67. The van der Waals surface area contributed by atoms with Crippen LogP contribution in [0.3, 0.4) is 0 Å². The monoisotopic (exact) mass is 395 g/mol. The van der Waals surface area contributed by atoms with Gasteiger partial charge in [0, 0.05) is 11.0 Å². The van der Waals surface area contributed by atoms with Gasteiger partial charge in [0.25, 0.3) is 5.91 Å². The van der Waals surface area contributed by atoms with Crippen LogP contribution in [0.2, 0.25) is 0 Å². The van der Waals surface area contributed by atoms with Crippen molar-refractivity contribution in [3.63, 3.8) is 0 Å². The lowest BCUT2D eigenvalue weighted by molar-refractivity contribution is -0.144. The van der Waals surface area contributed by atoms with Crippen molar-refractivity contribution < 1.29 is 32.6 Å². The van der Waals surface area contributed by atoms with Gasteiger partial charge in [0.05, 0.1) is 11.4 Å². The molecule has 2 aromatic carbocycles. The van der Waals surface area contributed by atoms with E-state index in [9.17, 15) is 18.4 Å². The first-order valence-corrected chi connectivity index (χ1v) is 8.93. The molecule has 0 aliphatic carbocycles. The molecule has 0 bridgehead atoms. The van der Waals surface area contributed by atoms with Crippen molar-refractivity contribution in [1.29, 1.82) is 0 Å². The Morgan fingerprint density at radius 2 is 1.85 bits per heavy atom. The Kier molecular flexibility index (Phi) is 6.12. The number of fused-ring (bicyclic) bond motifs is 1. The molecule has 1 aliphatic rings. The van der Waals surface area contributed by atoms with Gasteiger partial charge in [-0.15, -0.1) is 11.8 Å². The molecule has 6 nitrogen and oxygen atoms in total. The van der Waals surface area contributed by atoms with Gasteiger partial charge in [0.1, 0.15) is 24.8 Å². The highest BCUT2D eigenvalue weighted by molar-refractivity contribution is 8.00. The van der Waals surface area contributed by atoms with E-state index >= 15 is 0 Å². The Balaban J connectivity index is 1.43. The summed E-state index contributed by atoms with van der Waals surface area (Å²) in [6, 6.07) is 8.04. The number of carbonyl (C=O) groups excluding carboxylic acids is 2. The summed E-state index contributed by atoms with van der Waals surface area (Å²) >= 11 is 1.22. The molecule has 0 aromatic heterocycles. The minimum Gasteiger partial charge on any atom is -0.486 e. The number of rotatable bonds is 6. The van der Waals surface area contributed by atoms with Crippen molar-refractivity contribution in [3.8, 4) is 11.5 Å². The maximum Gasteiger partial charge on any atom is 0.316 e. The molecule has 0 atom stereocenters. The fourth-order valence-electron chi connectivity index (χ4n) is 2.22. The molecular formula is C18H15F2NO5S. The van der Waals surface area contributed by atoms with Crippen LogP contribution in [0.4, 0.5) is 14.5 Å². The second-order valence-electron chi connectivity index (χ2n) is 5.43. The average molecular weight is 395 g/mol. The zero-order valence-corrected chi connectivity index (χ0v) is 14.8. The highest BCUT2D eigenvalue weighted by Gasteiger charge is 2.14. The van der Waals surface area contributed by atoms with Crippen LogP contribution in [0.1, 0.15) is 0 Å². The fraction of sp³-hybridized carbons (Fsp3) is 0.222. The van der Waals surface area contributed by atoms with Crippen molar-refractivity contribution in [3.05, 3.63) is 48.0 Å². The predicted molar refractivity (Wildman–Crippen MR) is 94.1 cm³/mol. The van der Waals surface area contributed by atoms with Gasteiger partial charge in [0.15, 0.2) is 18.1 Å². The van der Waals surface area contributed by atoms with E-state index in [4.69, 9.17) is 14.2 Å². The van der Waals surface area contributed by atoms with E-state index in [1.807, 2.05) is 0 Å². The second kappa shape index (κ2) is 8.72. The molecule has 2 aromatic rings. The first-order valence-electron chi connectivity index (χ1n) is 7.94. The van der Waals surface area contributed by atoms with E-state index in [1.54, 1.807) is 18.2 Å². The number of ether oxygens (including phenoxy) is 3. The van der Waals surface area contributed by atoms with E-state index < -0.39 is 30.1 Å². The van der Waals surface area contributed by atoms with Crippen LogP contribution in [0, 0.1) is 11.6 Å². The zero-order chi connectivity index (χ0) is 19.2. The summed E-state index contributed by atoms with van der Waals surface area (Å²) < 4.78 is 42.0. The lowest BCUT2D eigenvalue weighted by atomic mass is 10.3. The van der Waals surface area contributed by atoms with Crippen molar-refractivity contribution in [2.45, 2.75) is 4.90 Å². The van der Waals surface area contributed by atoms with Crippen LogP contribution in [-0.4, -0.2) is 37.4 Å². The van der Waals surface area contributed by atoms with Crippen LogP contribution in [-0.2, 0) is 14.3 Å². The molecular weight excluding hydrogens is 380 g/mol. The minimum atomic E-state index is -0.913. The van der Waals surface area contributed by atoms with Crippen LogP contribution in [0.25, 0.3) is 0 Å².